The quantitative estimate of drug-likeness (QED) is 0.0178. The van der Waals surface area contributed by atoms with Crippen LogP contribution in [0.15, 0.2) is 86.1 Å². The van der Waals surface area contributed by atoms with E-state index in [2.05, 4.69) is 65.9 Å². The van der Waals surface area contributed by atoms with Crippen molar-refractivity contribution in [3.8, 4) is 0 Å². The number of hydrogen-bond acceptors (Lipinski definition) is 19. The van der Waals surface area contributed by atoms with Gasteiger partial charge in [0.2, 0.25) is 23.5 Å². The van der Waals surface area contributed by atoms with Crippen molar-refractivity contribution in [1.82, 2.24) is 71.3 Å². The topological polar surface area (TPSA) is 432 Å². The minimum absolute atomic E-state index is 0.00857. The van der Waals surface area contributed by atoms with Gasteiger partial charge in [0.25, 0.3) is 29.5 Å². The third kappa shape index (κ3) is 25.2. The Morgan fingerprint density at radius 1 is 0.387 bits per heavy atom. The van der Waals surface area contributed by atoms with Crippen LogP contribution in [0.4, 0.5) is 28.7 Å². The number of nitrogens with one attached hydrogen (secondary N) is 7. The first-order chi connectivity index (χ1) is 56.3. The normalized spacial score (nSPS) is 11.5. The van der Waals surface area contributed by atoms with E-state index in [-0.39, 0.29) is 206 Å². The maximum atomic E-state index is 13.6. The summed E-state index contributed by atoms with van der Waals surface area (Å²) in [5.41, 5.74) is 4.47. The van der Waals surface area contributed by atoms with Crippen molar-refractivity contribution in [1.29, 1.82) is 0 Å². The Morgan fingerprint density at radius 3 is 1.39 bits per heavy atom. The van der Waals surface area contributed by atoms with Gasteiger partial charge in [-0.05, 0) is 79.5 Å². The molecule has 119 heavy (non-hydrogen) atoms. The molecule has 36 heteroatoms. The molecule has 1 unspecified atom stereocenters. The third-order valence-electron chi connectivity index (χ3n) is 19.9. The fraction of sp³-hybridized carbons (Fsp3) is 0.434. The van der Waals surface area contributed by atoms with Crippen LogP contribution in [0.1, 0.15) is 221 Å². The highest BCUT2D eigenvalue weighted by Gasteiger charge is 2.28. The number of rotatable bonds is 46. The first-order valence-corrected chi connectivity index (χ1v) is 39.3. The number of quaternary nitrogens is 1. The molecule has 36 nitrogen and oxygen atoms in total. The molecule has 0 radical (unpaired) electrons. The lowest BCUT2D eigenvalue weighted by Crippen LogP contribution is -3.05. The van der Waals surface area contributed by atoms with Crippen molar-refractivity contribution >= 4 is 116 Å². The minimum atomic E-state index is -0.602. The fourth-order valence-corrected chi connectivity index (χ4v) is 14.0. The summed E-state index contributed by atoms with van der Waals surface area (Å²) in [6, 6.07) is 7.77. The van der Waals surface area contributed by atoms with Crippen molar-refractivity contribution in [2.24, 2.45) is 69.3 Å². The van der Waals surface area contributed by atoms with Gasteiger partial charge in [0.05, 0.1) is 73.3 Å². The molecule has 0 saturated heterocycles. The van der Waals surface area contributed by atoms with E-state index >= 15 is 0 Å². The summed E-state index contributed by atoms with van der Waals surface area (Å²) in [4.78, 5) is 217. The molecule has 0 saturated carbocycles. The van der Waals surface area contributed by atoms with E-state index in [1.165, 1.54) is 78.8 Å². The van der Waals surface area contributed by atoms with Gasteiger partial charge in [-0.15, -0.1) is 0 Å². The highest BCUT2D eigenvalue weighted by Crippen LogP contribution is 2.24. The predicted molar refractivity (Wildman–Crippen MR) is 440 cm³/mol. The van der Waals surface area contributed by atoms with Crippen LogP contribution in [0, 0.1) is 5.92 Å². The van der Waals surface area contributed by atoms with Crippen LogP contribution in [-0.2, 0) is 118 Å². The number of Topliss-reactive ketones (excluding diaryl/α,β-unsaturated/α-hetero) is 8. The third-order valence-corrected chi connectivity index (χ3v) is 19.9. The molecule has 0 spiro atoms. The molecule has 9 heterocycles. The number of aromatic nitrogens is 13. The summed E-state index contributed by atoms with van der Waals surface area (Å²) >= 11 is 0. The molecule has 9 aromatic heterocycles. The summed E-state index contributed by atoms with van der Waals surface area (Å²) < 4.78 is 13.8. The summed E-state index contributed by atoms with van der Waals surface area (Å²) in [5.74, 6) is -4.59. The number of hydrogen-bond donors (Lipinski definition) is 7. The molecule has 0 bridgehead atoms. The van der Waals surface area contributed by atoms with Crippen LogP contribution in [0.25, 0.3) is 0 Å². The number of amides is 7. The lowest BCUT2D eigenvalue weighted by Gasteiger charge is -2.16. The van der Waals surface area contributed by atoms with E-state index in [1.807, 2.05) is 0 Å². The highest BCUT2D eigenvalue weighted by atomic mass is 16.2. The number of nitrogens with zero attached hydrogens (tertiary/aromatic N) is 14. The molecule has 0 fully saturated rings. The second-order valence-electron chi connectivity index (χ2n) is 30.9. The number of ketones is 8. The Hall–Kier alpha value is -13.2. The van der Waals surface area contributed by atoms with Gasteiger partial charge in [-0.3, -0.25) is 71.9 Å². The molecule has 9 aromatic rings. The monoisotopic (exact) mass is 1640 g/mol. The van der Waals surface area contributed by atoms with Gasteiger partial charge >= 0.3 is 0 Å². The van der Waals surface area contributed by atoms with Crippen molar-refractivity contribution in [3.63, 3.8) is 0 Å². The Balaban J connectivity index is 0.629. The maximum absolute atomic E-state index is 13.6. The zero-order chi connectivity index (χ0) is 86.8. The Morgan fingerprint density at radius 2 is 0.840 bits per heavy atom. The van der Waals surface area contributed by atoms with Gasteiger partial charge < -0.3 is 82.8 Å². The fourth-order valence-electron chi connectivity index (χ4n) is 14.0. The zero-order valence-corrected chi connectivity index (χ0v) is 69.9. The molecule has 7 amide bonds. The summed E-state index contributed by atoms with van der Waals surface area (Å²) in [5, 5.41) is 16.2. The van der Waals surface area contributed by atoms with Gasteiger partial charge in [-0.2, -0.15) is 0 Å². The molecule has 0 aliphatic rings. The van der Waals surface area contributed by atoms with E-state index in [9.17, 15) is 71.9 Å². The van der Waals surface area contributed by atoms with E-state index in [1.54, 1.807) is 143 Å². The van der Waals surface area contributed by atoms with Crippen LogP contribution < -0.4 is 36.8 Å². The van der Waals surface area contributed by atoms with Crippen molar-refractivity contribution < 1.29 is 76.8 Å². The SMILES string of the molecule is CC(=O)Nc1cc(C(=O)Nc2cc(C(=O)Nc3cc(C(=O)Nc4cn(C)c(C(=O)N(C)CCC(=O)Nc5cn(C)c(C(=O)NCCCC(=O)Cc6cc(C(=O)CCCC(=O)Cc7cc(C(=O)Cc8cn(C)c(C(=O)CC(C)CC(=O)Cc9cn(C)c(C(=O)CCCC(=O)CCCC[NH+](C)C)n9)n8)n(C)c7)n(C)c6)n5)n4)n(C)c3)n(C)c2)n(C)c1. The molecule has 0 aliphatic carbocycles. The van der Waals surface area contributed by atoms with Gasteiger partial charge in [-0.1, -0.05) is 6.92 Å². The minimum Gasteiger partial charge on any atom is -0.349 e. The van der Waals surface area contributed by atoms with E-state index in [0.717, 1.165) is 19.4 Å². The highest BCUT2D eigenvalue weighted by molar-refractivity contribution is 6.09. The number of imidazole rings is 4. The second kappa shape index (κ2) is 40.6. The lowest BCUT2D eigenvalue weighted by molar-refractivity contribution is -0.858. The summed E-state index contributed by atoms with van der Waals surface area (Å²) in [7, 11) is 20.4. The molecule has 7 N–H and O–H groups in total. The number of carbonyl (C=O) groups excluding carboxylic acids is 15. The van der Waals surface area contributed by atoms with Crippen LogP contribution in [0.3, 0.4) is 0 Å². The van der Waals surface area contributed by atoms with E-state index in [0.29, 0.717) is 71.0 Å². The van der Waals surface area contributed by atoms with Crippen molar-refractivity contribution in [2.75, 3.05) is 67.4 Å². The van der Waals surface area contributed by atoms with Gasteiger partial charge in [0.1, 0.15) is 40.2 Å². The first kappa shape index (κ1) is 89.8. The Bertz CT molecular complexity index is 5360. The van der Waals surface area contributed by atoms with E-state index < -0.39 is 35.4 Å². The number of unbranched alkanes of at least 4 members (excludes halogenated alkanes) is 1. The smallest absolute Gasteiger partial charge is 0.289 e. The van der Waals surface area contributed by atoms with Gasteiger partial charge in [0, 0.05) is 217 Å². The Labute approximate surface area is 687 Å². The van der Waals surface area contributed by atoms with Gasteiger partial charge in [0.15, 0.2) is 46.4 Å². The lowest BCUT2D eigenvalue weighted by atomic mass is 9.96. The average Bonchev–Trinajstić information content (AvgIpc) is 1.66. The molecule has 0 aromatic carbocycles. The number of carbonyl (C=O) groups is 15. The molecule has 0 aliphatic heterocycles. The predicted octanol–water partition coefficient (Wildman–Crippen LogP) is 5.69. The van der Waals surface area contributed by atoms with Crippen LogP contribution in [0.5, 0.6) is 0 Å². The molecular formula is C83H106N21O15+. The molecule has 1 atom stereocenters. The van der Waals surface area contributed by atoms with Crippen molar-refractivity contribution in [3.05, 3.63) is 160 Å². The summed E-state index contributed by atoms with van der Waals surface area (Å²) in [6.07, 6.45) is 18.3. The zero-order valence-electron chi connectivity index (χ0n) is 69.9. The first-order valence-electron chi connectivity index (χ1n) is 39.3. The molecule has 632 valence electrons. The van der Waals surface area contributed by atoms with Gasteiger partial charge in [-0.25, -0.2) is 19.9 Å². The van der Waals surface area contributed by atoms with Crippen LogP contribution >= 0.6 is 0 Å². The maximum Gasteiger partial charge on any atom is 0.289 e. The standard InChI is InChI=1S/C83H105N21O15/c1-50(30-62(109)36-54-46-101(11)75(86-54)69(111)25-17-21-59(106)20-15-16-28-94(3)4)31-71(113)76-87-58(47-102(76)12)40-70(112)64-35-53(42-97(64)7)32-60(107)22-18-24-68(110)63-34-52(41-96(63)6)33-61(108)23-19-27-84-82(118)77-91-72(48-103(77)13)90-74(114)26-29-95(5)83(119)78-92-73(49-104(78)14)93-81(117)67-39-57(45-100(67)10)89-80(116)66-38-56(44-99(66)9)88-79(115)65-37-55(43-98(65)8)85-51(2)105/h34-35,37-39,41-50H,15-33,36,40H2,1-14H3,(H,84,118)(H,85,105)(H,88,115)(H,89,116)(H,90,114)(H,93,117)/p+1. The molecular weight excluding hydrogens is 1530 g/mol. The second-order valence-corrected chi connectivity index (χ2v) is 30.9. The number of aryl methyl sites for hydroxylation is 9. The largest absolute Gasteiger partial charge is 0.349 e. The molecule has 9 rings (SSSR count). The summed E-state index contributed by atoms with van der Waals surface area (Å²) in [6.45, 7) is 4.24. The Kier molecular flexibility index (Phi) is 30.6. The van der Waals surface area contributed by atoms with Crippen molar-refractivity contribution in [2.45, 2.75) is 129 Å². The van der Waals surface area contributed by atoms with E-state index in [4.69, 9.17) is 0 Å². The number of anilines is 5. The van der Waals surface area contributed by atoms with Crippen LogP contribution in [0.2, 0.25) is 0 Å². The van der Waals surface area contributed by atoms with Crippen LogP contribution in [-0.4, -0.2) is 194 Å². The average molecular weight is 1640 g/mol.